The number of esters is 1. The number of guanidine groups is 1. The summed E-state index contributed by atoms with van der Waals surface area (Å²) in [5, 5.41) is 34.3. The standard InChI is InChI=1S/C52H76N10O13/c1-7-8-9-10-14-19-40(63)56-37(29-42(65)66)46(68)60-44-31(4)75-51(73)43(30(2)3)59-47(69)38(27-33-20-22-34(74-6)23-21-33)61(5)50(72)39(28-32-16-12-11-13-17-32)62-41(64)25-24-36(49(62)71)58-45(67)35(57-48(44)70)18-15-26-55-52(53)54/h11-13,16-17,20-23,30-31,35-39,41,43-44,64H,7-10,14-15,18-19,24-29H2,1-6H3,(H,56,63)(H,57,70)(H,58,67)(H,59,69)(H,60,68)(H,65,66)(H4,53,54,55). The third-order valence-electron chi connectivity index (χ3n) is 13.2. The molecular weight excluding hydrogens is 973 g/mol. The summed E-state index contributed by atoms with van der Waals surface area (Å²) in [6.07, 6.45) is -0.574. The first-order chi connectivity index (χ1) is 35.6. The molecule has 75 heavy (non-hydrogen) atoms. The van der Waals surface area contributed by atoms with Gasteiger partial charge < -0.3 is 67.5 Å². The molecule has 2 aliphatic rings. The van der Waals surface area contributed by atoms with Crippen LogP contribution in [-0.4, -0.2) is 155 Å². The Kier molecular flexibility index (Phi) is 23.7. The Balaban J connectivity index is 1.86. The van der Waals surface area contributed by atoms with Crippen molar-refractivity contribution in [2.45, 2.75) is 166 Å². The van der Waals surface area contributed by atoms with E-state index in [4.69, 9.17) is 20.9 Å². The van der Waals surface area contributed by atoms with Crippen molar-refractivity contribution in [1.29, 1.82) is 0 Å². The number of nitrogens with zero attached hydrogens (tertiary/aromatic N) is 3. The van der Waals surface area contributed by atoms with Crippen LogP contribution in [0.1, 0.15) is 109 Å². The number of carboxylic acid groups (broad SMARTS) is 1. The number of carbonyl (C=O) groups excluding carboxylic acids is 8. The minimum atomic E-state index is -1.88. The van der Waals surface area contributed by atoms with Crippen LogP contribution in [0.15, 0.2) is 59.6 Å². The number of nitrogens with one attached hydrogen (secondary N) is 5. The van der Waals surface area contributed by atoms with Gasteiger partial charge >= 0.3 is 11.9 Å². The van der Waals surface area contributed by atoms with E-state index in [2.05, 4.69) is 31.6 Å². The molecule has 2 aliphatic heterocycles. The molecule has 2 heterocycles. The number of carbonyl (C=O) groups is 9. The number of cyclic esters (lactones) is 1. The number of hydrogen-bond donors (Lipinski definition) is 9. The monoisotopic (exact) mass is 1050 g/mol. The van der Waals surface area contributed by atoms with Crippen molar-refractivity contribution >= 4 is 59.2 Å². The third kappa shape index (κ3) is 18.2. The van der Waals surface area contributed by atoms with Crippen LogP contribution in [0.5, 0.6) is 5.75 Å². The minimum Gasteiger partial charge on any atom is -0.497 e. The van der Waals surface area contributed by atoms with E-state index < -0.39 is 120 Å². The number of aliphatic imine (C=N–C) groups is 1. The predicted octanol–water partition coefficient (Wildman–Crippen LogP) is 0.531. The zero-order valence-electron chi connectivity index (χ0n) is 43.8. The van der Waals surface area contributed by atoms with Crippen LogP contribution >= 0.6 is 0 Å². The predicted molar refractivity (Wildman–Crippen MR) is 275 cm³/mol. The number of aliphatic carboxylic acids is 1. The van der Waals surface area contributed by atoms with Gasteiger partial charge in [-0.05, 0) is 68.2 Å². The van der Waals surface area contributed by atoms with Crippen molar-refractivity contribution in [3.63, 3.8) is 0 Å². The van der Waals surface area contributed by atoms with Crippen LogP contribution in [-0.2, 0) is 60.7 Å². The first kappa shape index (κ1) is 60.3. The van der Waals surface area contributed by atoms with Crippen molar-refractivity contribution in [2.24, 2.45) is 22.4 Å². The van der Waals surface area contributed by atoms with E-state index in [0.717, 1.165) is 35.5 Å². The third-order valence-corrected chi connectivity index (χ3v) is 13.2. The molecule has 2 aromatic rings. The second-order valence-corrected chi connectivity index (χ2v) is 19.3. The fourth-order valence-corrected chi connectivity index (χ4v) is 8.89. The molecule has 2 bridgehead atoms. The number of unbranched alkanes of at least 4 members (excludes halogenated alkanes) is 4. The van der Waals surface area contributed by atoms with Crippen LogP contribution in [0, 0.1) is 5.92 Å². The number of fused-ring (bicyclic) bond motifs is 2. The average Bonchev–Trinajstić information content (AvgIpc) is 3.36. The number of ether oxygens (including phenoxy) is 2. The van der Waals surface area contributed by atoms with Gasteiger partial charge in [0.1, 0.15) is 60.4 Å². The highest BCUT2D eigenvalue weighted by Crippen LogP contribution is 2.26. The fraction of sp³-hybridized carbons (Fsp3) is 0.577. The summed E-state index contributed by atoms with van der Waals surface area (Å²) in [5.74, 6) is -9.13. The average molecular weight is 1050 g/mol. The van der Waals surface area contributed by atoms with Gasteiger partial charge in [-0.1, -0.05) is 88.9 Å². The number of benzene rings is 2. The van der Waals surface area contributed by atoms with Crippen molar-refractivity contribution in [3.8, 4) is 5.75 Å². The van der Waals surface area contributed by atoms with Crippen LogP contribution < -0.4 is 42.8 Å². The number of hydrogen-bond acceptors (Lipinski definition) is 13. The molecule has 0 spiro atoms. The van der Waals surface area contributed by atoms with Gasteiger partial charge in [-0.15, -0.1) is 0 Å². The topological polar surface area (TPSA) is 344 Å². The molecule has 0 aliphatic carbocycles. The molecular formula is C52H76N10O13. The van der Waals surface area contributed by atoms with Gasteiger partial charge in [0, 0.05) is 32.9 Å². The molecule has 2 saturated heterocycles. The molecule has 23 nitrogen and oxygen atoms in total. The number of amides is 7. The van der Waals surface area contributed by atoms with Gasteiger partial charge in [-0.3, -0.25) is 43.3 Å². The highest BCUT2D eigenvalue weighted by Gasteiger charge is 2.46. The zero-order valence-corrected chi connectivity index (χ0v) is 43.8. The summed E-state index contributed by atoms with van der Waals surface area (Å²) >= 11 is 0. The van der Waals surface area contributed by atoms with E-state index in [9.17, 15) is 48.6 Å². The van der Waals surface area contributed by atoms with Gasteiger partial charge in [0.15, 0.2) is 5.96 Å². The number of likely N-dealkylation sites (N-methyl/N-ethyl adjacent to an activating group) is 1. The number of nitrogens with two attached hydrogens (primary N) is 2. The molecule has 11 N–H and O–H groups in total. The number of piperidine rings is 1. The Morgan fingerprint density at radius 3 is 2.12 bits per heavy atom. The minimum absolute atomic E-state index is 0.00771. The molecule has 4 rings (SSSR count). The Morgan fingerprint density at radius 2 is 1.49 bits per heavy atom. The lowest BCUT2D eigenvalue weighted by Crippen LogP contribution is -2.65. The lowest BCUT2D eigenvalue weighted by atomic mass is 9.95. The summed E-state index contributed by atoms with van der Waals surface area (Å²) in [7, 11) is 2.85. The van der Waals surface area contributed by atoms with E-state index in [-0.39, 0.29) is 57.5 Å². The molecule has 2 fully saturated rings. The van der Waals surface area contributed by atoms with Crippen molar-refractivity contribution in [3.05, 3.63) is 65.7 Å². The van der Waals surface area contributed by atoms with Gasteiger partial charge in [0.2, 0.25) is 41.4 Å². The molecule has 0 saturated carbocycles. The Labute approximate surface area is 437 Å². The summed E-state index contributed by atoms with van der Waals surface area (Å²) in [4.78, 5) is 133. The molecule has 2 aromatic carbocycles. The van der Waals surface area contributed by atoms with Crippen LogP contribution in [0.4, 0.5) is 0 Å². The molecule has 0 aromatic heterocycles. The normalized spacial score (nSPS) is 23.5. The van der Waals surface area contributed by atoms with Gasteiger partial charge in [-0.2, -0.15) is 0 Å². The van der Waals surface area contributed by atoms with E-state index in [1.165, 1.54) is 21.1 Å². The van der Waals surface area contributed by atoms with Crippen LogP contribution in [0.2, 0.25) is 0 Å². The zero-order chi connectivity index (χ0) is 55.4. The molecule has 9 atom stereocenters. The number of methoxy groups -OCH3 is 1. The highest BCUT2D eigenvalue weighted by molar-refractivity contribution is 5.99. The van der Waals surface area contributed by atoms with E-state index >= 15 is 4.79 Å². The summed E-state index contributed by atoms with van der Waals surface area (Å²) in [5.41, 5.74) is 12.3. The molecule has 7 amide bonds. The SMILES string of the molecule is CCCCCCCC(=O)NC(CC(=O)O)C(=O)NC1C(=O)NC(CCCN=C(N)N)C(=O)NC2CCC(O)N(C2=O)C(Cc2ccccc2)C(=O)N(C)C(Cc2ccc(OC)cc2)C(=O)NC(C(C)C)C(=O)OC1C. The fourth-order valence-electron chi connectivity index (χ4n) is 8.89. The number of rotatable bonds is 21. The van der Waals surface area contributed by atoms with E-state index in [1.807, 2.05) is 6.92 Å². The van der Waals surface area contributed by atoms with Gasteiger partial charge in [-0.25, -0.2) is 4.79 Å². The largest absolute Gasteiger partial charge is 0.497 e. The number of aliphatic hydroxyl groups is 1. The lowest BCUT2D eigenvalue weighted by Gasteiger charge is -2.43. The quantitative estimate of drug-likeness (QED) is 0.0357. The van der Waals surface area contributed by atoms with Crippen molar-refractivity contribution in [2.75, 3.05) is 20.7 Å². The Hall–Kier alpha value is -7.30. The lowest BCUT2D eigenvalue weighted by molar-refractivity contribution is -0.165. The highest BCUT2D eigenvalue weighted by atomic mass is 16.5. The second kappa shape index (κ2) is 29.6. The van der Waals surface area contributed by atoms with E-state index in [1.54, 1.807) is 68.4 Å². The first-order valence-electron chi connectivity index (χ1n) is 25.6. The van der Waals surface area contributed by atoms with Crippen LogP contribution in [0.25, 0.3) is 0 Å². The molecule has 412 valence electrons. The number of aliphatic hydroxyl groups excluding tert-OH is 1. The molecule has 23 heteroatoms. The molecule has 9 unspecified atom stereocenters. The van der Waals surface area contributed by atoms with Crippen molar-refractivity contribution < 1.29 is 62.8 Å². The molecule has 0 radical (unpaired) electrons. The summed E-state index contributed by atoms with van der Waals surface area (Å²) < 4.78 is 11.2. The second-order valence-electron chi connectivity index (χ2n) is 19.3. The van der Waals surface area contributed by atoms with Gasteiger partial charge in [0.25, 0.3) is 0 Å². The maximum Gasteiger partial charge on any atom is 0.329 e. The smallest absolute Gasteiger partial charge is 0.329 e. The Bertz CT molecular complexity index is 2310. The van der Waals surface area contributed by atoms with Crippen molar-refractivity contribution in [1.82, 2.24) is 36.4 Å². The summed E-state index contributed by atoms with van der Waals surface area (Å²) in [6, 6.07) is 4.68. The maximum absolute atomic E-state index is 15.1. The van der Waals surface area contributed by atoms with E-state index in [0.29, 0.717) is 23.3 Å². The maximum atomic E-state index is 15.1. The van der Waals surface area contributed by atoms with Crippen LogP contribution in [0.3, 0.4) is 0 Å². The van der Waals surface area contributed by atoms with Gasteiger partial charge in [0.05, 0.1) is 13.5 Å². The first-order valence-corrected chi connectivity index (χ1v) is 25.6. The Morgan fingerprint density at radius 1 is 0.840 bits per heavy atom. The number of carboxylic acids is 1. The summed E-state index contributed by atoms with van der Waals surface area (Å²) in [6.45, 7) is 6.50.